The lowest BCUT2D eigenvalue weighted by Crippen LogP contribution is -2.03. The largest absolute Gasteiger partial charge is 0.478 e. The molecule has 0 unspecified atom stereocenters. The van der Waals surface area contributed by atoms with E-state index in [2.05, 4.69) is 6.92 Å². The average Bonchev–Trinajstić information content (AvgIpc) is 2.25. The Kier molecular flexibility index (Phi) is 14.1. The molecule has 0 aliphatic heterocycles. The molecule has 0 aliphatic rings. The highest BCUT2D eigenvalue weighted by molar-refractivity contribution is 5.90. The highest BCUT2D eigenvalue weighted by Crippen LogP contribution is 2.04. The van der Waals surface area contributed by atoms with Crippen LogP contribution in [0.25, 0.3) is 0 Å². The van der Waals surface area contributed by atoms with Gasteiger partial charge in [-0.05, 0) is 6.42 Å². The maximum atomic E-state index is 10.9. The monoisotopic (exact) mass is 264 g/mol. The highest BCUT2D eigenvalue weighted by Gasteiger charge is 1.97. The average molecular weight is 265 g/mol. The molecule has 0 bridgehead atoms. The van der Waals surface area contributed by atoms with Gasteiger partial charge in [0.15, 0.2) is 0 Å². The van der Waals surface area contributed by atoms with E-state index in [1.165, 1.54) is 19.3 Å². The zero-order valence-corrected chi connectivity index (χ0v) is 11.0. The summed E-state index contributed by atoms with van der Waals surface area (Å²) in [6, 6.07) is 0. The third kappa shape index (κ3) is 15.0. The summed E-state index contributed by atoms with van der Waals surface area (Å²) in [4.78, 5) is 21.0. The predicted octanol–water partition coefficient (Wildman–Crippen LogP) is 2.95. The minimum Gasteiger partial charge on any atom is -0.478 e. The van der Waals surface area contributed by atoms with Gasteiger partial charge in [0.25, 0.3) is 0 Å². The second-order valence-corrected chi connectivity index (χ2v) is 3.61. The summed E-state index contributed by atoms with van der Waals surface area (Å²) in [6.45, 7) is 2.53. The maximum Gasteiger partial charge on any atom is 0.331 e. The van der Waals surface area contributed by atoms with Gasteiger partial charge in [0.05, 0.1) is 6.61 Å². The summed E-state index contributed by atoms with van der Waals surface area (Å²) in [5.41, 5.74) is 0. The van der Waals surface area contributed by atoms with E-state index in [1.807, 2.05) is 0 Å². The first-order valence-electron chi connectivity index (χ1n) is 5.74. The van der Waals surface area contributed by atoms with E-state index < -0.39 is 11.9 Å². The Labute approximate surface area is 108 Å². The van der Waals surface area contributed by atoms with Gasteiger partial charge >= 0.3 is 11.9 Å². The lowest BCUT2D eigenvalue weighted by molar-refractivity contribution is -0.138. The van der Waals surface area contributed by atoms with Crippen molar-refractivity contribution in [1.82, 2.24) is 0 Å². The van der Waals surface area contributed by atoms with Crippen molar-refractivity contribution in [1.29, 1.82) is 0 Å². The van der Waals surface area contributed by atoms with Gasteiger partial charge < -0.3 is 9.84 Å². The fraction of sp³-hybridized carbons (Fsp3) is 0.667. The van der Waals surface area contributed by atoms with Gasteiger partial charge in [-0.15, -0.1) is 12.4 Å². The van der Waals surface area contributed by atoms with Gasteiger partial charge in [0.1, 0.15) is 0 Å². The summed E-state index contributed by atoms with van der Waals surface area (Å²) in [7, 11) is 0. The molecule has 0 rings (SSSR count). The molecule has 5 heteroatoms. The van der Waals surface area contributed by atoms with E-state index in [-0.39, 0.29) is 12.4 Å². The lowest BCUT2D eigenvalue weighted by atomic mass is 10.1. The number of ether oxygens (including phenoxy) is 1. The van der Waals surface area contributed by atoms with Crippen molar-refractivity contribution in [3.05, 3.63) is 12.2 Å². The molecular weight excluding hydrogens is 244 g/mol. The topological polar surface area (TPSA) is 63.6 Å². The van der Waals surface area contributed by atoms with Crippen LogP contribution in [0.3, 0.4) is 0 Å². The van der Waals surface area contributed by atoms with E-state index >= 15 is 0 Å². The summed E-state index contributed by atoms with van der Waals surface area (Å²) >= 11 is 0. The molecule has 0 saturated heterocycles. The third-order valence-corrected chi connectivity index (χ3v) is 2.10. The molecule has 0 aromatic rings. The van der Waals surface area contributed by atoms with E-state index in [4.69, 9.17) is 9.84 Å². The Morgan fingerprint density at radius 1 is 1.06 bits per heavy atom. The molecule has 0 aromatic heterocycles. The van der Waals surface area contributed by atoms with Crippen LogP contribution in [0.5, 0.6) is 0 Å². The van der Waals surface area contributed by atoms with Crippen LogP contribution in [0.4, 0.5) is 0 Å². The molecule has 0 aliphatic carbocycles. The molecule has 0 radical (unpaired) electrons. The van der Waals surface area contributed by atoms with Gasteiger partial charge in [-0.3, -0.25) is 0 Å². The van der Waals surface area contributed by atoms with Crippen LogP contribution in [-0.4, -0.2) is 23.7 Å². The minimum absolute atomic E-state index is 0. The molecule has 0 saturated carbocycles. The summed E-state index contributed by atoms with van der Waals surface area (Å²) in [6.07, 6.45) is 8.46. The molecular formula is C12H21ClO4. The molecule has 0 aromatic carbocycles. The normalized spacial score (nSPS) is 9.94. The van der Waals surface area contributed by atoms with Crippen molar-refractivity contribution < 1.29 is 19.4 Å². The van der Waals surface area contributed by atoms with Crippen molar-refractivity contribution in [2.24, 2.45) is 0 Å². The second-order valence-electron chi connectivity index (χ2n) is 3.61. The molecule has 0 heterocycles. The Balaban J connectivity index is 0. The van der Waals surface area contributed by atoms with Crippen molar-refractivity contribution in [3.8, 4) is 0 Å². The van der Waals surface area contributed by atoms with Gasteiger partial charge in [-0.2, -0.15) is 0 Å². The molecule has 0 spiro atoms. The Morgan fingerprint density at radius 3 is 2.24 bits per heavy atom. The number of esters is 1. The predicted molar refractivity (Wildman–Crippen MR) is 68.4 cm³/mol. The van der Waals surface area contributed by atoms with Crippen LogP contribution < -0.4 is 0 Å². The van der Waals surface area contributed by atoms with Crippen molar-refractivity contribution in [2.45, 2.75) is 45.4 Å². The summed E-state index contributed by atoms with van der Waals surface area (Å²) < 4.78 is 4.81. The first-order chi connectivity index (χ1) is 7.66. The number of unbranched alkanes of at least 4 members (excludes halogenated alkanes) is 5. The maximum absolute atomic E-state index is 10.9. The first-order valence-corrected chi connectivity index (χ1v) is 5.74. The number of carbonyl (C=O) groups is 2. The molecule has 0 fully saturated rings. The molecule has 0 atom stereocenters. The number of carboxylic acid groups (broad SMARTS) is 1. The Hall–Kier alpha value is -1.03. The molecule has 1 N–H and O–H groups in total. The highest BCUT2D eigenvalue weighted by atomic mass is 35.5. The van der Waals surface area contributed by atoms with Crippen LogP contribution >= 0.6 is 12.4 Å². The van der Waals surface area contributed by atoms with E-state index in [1.54, 1.807) is 0 Å². The second kappa shape index (κ2) is 13.0. The molecule has 4 nitrogen and oxygen atoms in total. The van der Waals surface area contributed by atoms with Crippen molar-refractivity contribution in [2.75, 3.05) is 6.61 Å². The lowest BCUT2D eigenvalue weighted by Gasteiger charge is -2.01. The SMILES string of the molecule is CCCCCCCCOC(=O)/C=C\C(=O)O.Cl. The number of halogens is 1. The van der Waals surface area contributed by atoms with E-state index in [9.17, 15) is 9.59 Å². The number of aliphatic carboxylic acids is 1. The van der Waals surface area contributed by atoms with Gasteiger partial charge in [0, 0.05) is 12.2 Å². The first kappa shape index (κ1) is 18.3. The molecule has 100 valence electrons. The fourth-order valence-electron chi connectivity index (χ4n) is 1.24. The standard InChI is InChI=1S/C12H20O4.ClH/c1-2-3-4-5-6-7-10-16-12(15)9-8-11(13)14;/h8-9H,2-7,10H2,1H3,(H,13,14);1H/b9-8-;. The number of hydrogen-bond acceptors (Lipinski definition) is 3. The summed E-state index contributed by atoms with van der Waals surface area (Å²) in [5.74, 6) is -1.73. The summed E-state index contributed by atoms with van der Waals surface area (Å²) in [5, 5.41) is 8.26. The van der Waals surface area contributed by atoms with Crippen LogP contribution in [0.2, 0.25) is 0 Å². The molecule has 0 amide bonds. The van der Waals surface area contributed by atoms with E-state index in [0.29, 0.717) is 6.61 Å². The number of carboxylic acids is 1. The zero-order valence-electron chi connectivity index (χ0n) is 10.2. The zero-order chi connectivity index (χ0) is 12.2. The number of carbonyl (C=O) groups excluding carboxylic acids is 1. The van der Waals surface area contributed by atoms with Gasteiger partial charge in [-0.1, -0.05) is 39.0 Å². The minimum atomic E-state index is -1.14. The van der Waals surface area contributed by atoms with E-state index in [0.717, 1.165) is 31.4 Å². The van der Waals surface area contributed by atoms with Crippen molar-refractivity contribution >= 4 is 24.3 Å². The number of hydrogen-bond donors (Lipinski definition) is 1. The fourth-order valence-corrected chi connectivity index (χ4v) is 1.24. The number of rotatable bonds is 9. The smallest absolute Gasteiger partial charge is 0.331 e. The quantitative estimate of drug-likeness (QED) is 0.395. The van der Waals surface area contributed by atoms with Crippen molar-refractivity contribution in [3.63, 3.8) is 0 Å². The van der Waals surface area contributed by atoms with Crippen LogP contribution in [0.15, 0.2) is 12.2 Å². The Bertz CT molecular complexity index is 239. The molecule has 17 heavy (non-hydrogen) atoms. The van der Waals surface area contributed by atoms with Gasteiger partial charge in [-0.25, -0.2) is 9.59 Å². The van der Waals surface area contributed by atoms with Gasteiger partial charge in [0.2, 0.25) is 0 Å². The Morgan fingerprint density at radius 2 is 1.65 bits per heavy atom. The van der Waals surface area contributed by atoms with Crippen LogP contribution in [-0.2, 0) is 14.3 Å². The van der Waals surface area contributed by atoms with Crippen LogP contribution in [0, 0.1) is 0 Å². The van der Waals surface area contributed by atoms with Crippen LogP contribution in [0.1, 0.15) is 45.4 Å². The third-order valence-electron chi connectivity index (χ3n) is 2.10.